The van der Waals surface area contributed by atoms with Crippen molar-refractivity contribution in [1.29, 1.82) is 0 Å². The van der Waals surface area contributed by atoms with Gasteiger partial charge in [0.05, 0.1) is 19.8 Å². The molecule has 18 heavy (non-hydrogen) atoms. The van der Waals surface area contributed by atoms with E-state index in [0.717, 1.165) is 6.42 Å². The van der Waals surface area contributed by atoms with E-state index in [9.17, 15) is 9.59 Å². The minimum atomic E-state index is -0.593. The lowest BCUT2D eigenvalue weighted by Crippen LogP contribution is -2.61. The van der Waals surface area contributed by atoms with Gasteiger partial charge in [0, 0.05) is 6.54 Å². The third-order valence-corrected chi connectivity index (χ3v) is 3.36. The van der Waals surface area contributed by atoms with E-state index < -0.39 is 12.0 Å². The van der Waals surface area contributed by atoms with Crippen LogP contribution in [0, 0.1) is 5.92 Å². The van der Waals surface area contributed by atoms with Gasteiger partial charge in [-0.15, -0.1) is 0 Å². The Morgan fingerprint density at radius 3 is 2.94 bits per heavy atom. The first-order valence-corrected chi connectivity index (χ1v) is 6.29. The summed E-state index contributed by atoms with van der Waals surface area (Å²) in [7, 11) is 1.33. The van der Waals surface area contributed by atoms with Crippen LogP contribution < -0.4 is 5.32 Å². The molecule has 6 heteroatoms. The fourth-order valence-electron chi connectivity index (χ4n) is 2.50. The fraction of sp³-hybridized carbons (Fsp3) is 0.833. The Morgan fingerprint density at radius 2 is 2.33 bits per heavy atom. The predicted octanol–water partition coefficient (Wildman–Crippen LogP) is -0.269. The van der Waals surface area contributed by atoms with Crippen LogP contribution in [0.5, 0.6) is 0 Å². The van der Waals surface area contributed by atoms with E-state index in [-0.39, 0.29) is 24.8 Å². The summed E-state index contributed by atoms with van der Waals surface area (Å²) in [6, 6.07) is -0.820. The summed E-state index contributed by atoms with van der Waals surface area (Å²) in [6.07, 6.45) is 0.417. The molecule has 2 aliphatic heterocycles. The molecule has 2 heterocycles. The summed E-state index contributed by atoms with van der Waals surface area (Å²) in [5.41, 5.74) is 0. The van der Waals surface area contributed by atoms with Crippen molar-refractivity contribution in [3.63, 3.8) is 0 Å². The first-order chi connectivity index (χ1) is 8.54. The van der Waals surface area contributed by atoms with Crippen LogP contribution in [0.15, 0.2) is 0 Å². The number of nitrogens with zero attached hydrogens (tertiary/aromatic N) is 1. The molecule has 2 fully saturated rings. The Bertz CT molecular complexity index is 345. The first kappa shape index (κ1) is 13.3. The molecule has 0 spiro atoms. The summed E-state index contributed by atoms with van der Waals surface area (Å²) in [6.45, 7) is 4.93. The van der Waals surface area contributed by atoms with Gasteiger partial charge in [-0.3, -0.25) is 9.69 Å². The van der Waals surface area contributed by atoms with Crippen LogP contribution in [0.4, 0.5) is 0 Å². The highest BCUT2D eigenvalue weighted by molar-refractivity contribution is 5.89. The minimum absolute atomic E-state index is 0.0622. The lowest BCUT2D eigenvalue weighted by Gasteiger charge is -2.36. The van der Waals surface area contributed by atoms with Gasteiger partial charge >= 0.3 is 5.97 Å². The van der Waals surface area contributed by atoms with Gasteiger partial charge in [-0.05, 0) is 12.3 Å². The zero-order valence-electron chi connectivity index (χ0n) is 11.0. The van der Waals surface area contributed by atoms with Crippen molar-refractivity contribution in [2.45, 2.75) is 38.6 Å². The number of fused-ring (bicyclic) bond motifs is 1. The van der Waals surface area contributed by atoms with E-state index in [1.165, 1.54) is 12.0 Å². The predicted molar refractivity (Wildman–Crippen MR) is 63.6 cm³/mol. The van der Waals surface area contributed by atoms with E-state index in [0.29, 0.717) is 12.5 Å². The highest BCUT2D eigenvalue weighted by Gasteiger charge is 2.47. The zero-order valence-corrected chi connectivity index (χ0v) is 11.0. The van der Waals surface area contributed by atoms with Gasteiger partial charge in [0.2, 0.25) is 5.91 Å². The van der Waals surface area contributed by atoms with E-state index in [2.05, 4.69) is 19.2 Å². The van der Waals surface area contributed by atoms with Gasteiger partial charge in [-0.2, -0.15) is 0 Å². The van der Waals surface area contributed by atoms with Crippen molar-refractivity contribution in [2.75, 3.05) is 20.3 Å². The molecule has 2 rings (SSSR count). The molecule has 0 aromatic rings. The molecule has 0 aromatic carbocycles. The molecule has 1 N–H and O–H groups in total. The summed E-state index contributed by atoms with van der Waals surface area (Å²) < 4.78 is 10.2. The Balaban J connectivity index is 2.10. The molecule has 0 unspecified atom stereocenters. The van der Waals surface area contributed by atoms with Crippen LogP contribution in [-0.2, 0) is 19.1 Å². The fourth-order valence-corrected chi connectivity index (χ4v) is 2.50. The number of nitrogens with one attached hydrogen (secondary N) is 1. The first-order valence-electron chi connectivity index (χ1n) is 6.29. The maximum absolute atomic E-state index is 12.3. The topological polar surface area (TPSA) is 67.9 Å². The van der Waals surface area contributed by atoms with Gasteiger partial charge < -0.3 is 14.8 Å². The van der Waals surface area contributed by atoms with E-state index >= 15 is 0 Å². The third-order valence-electron chi connectivity index (χ3n) is 3.36. The van der Waals surface area contributed by atoms with Gasteiger partial charge in [0.15, 0.2) is 6.04 Å². The molecule has 0 bridgehead atoms. The Hall–Kier alpha value is -1.14. The van der Waals surface area contributed by atoms with Crippen LogP contribution in [0.3, 0.4) is 0 Å². The van der Waals surface area contributed by atoms with Crippen molar-refractivity contribution < 1.29 is 19.1 Å². The molecule has 6 nitrogen and oxygen atoms in total. The van der Waals surface area contributed by atoms with Crippen molar-refractivity contribution in [2.24, 2.45) is 5.92 Å². The zero-order chi connectivity index (χ0) is 13.3. The van der Waals surface area contributed by atoms with Crippen LogP contribution >= 0.6 is 0 Å². The monoisotopic (exact) mass is 256 g/mol. The number of hydrogen-bond donors (Lipinski definition) is 1. The quantitative estimate of drug-likeness (QED) is 0.704. The number of carbonyl (C=O) groups excluding carboxylic acids is 2. The number of amides is 1. The molecule has 2 saturated heterocycles. The van der Waals surface area contributed by atoms with Crippen molar-refractivity contribution in [1.82, 2.24) is 10.2 Å². The van der Waals surface area contributed by atoms with Gasteiger partial charge in [0.25, 0.3) is 0 Å². The van der Waals surface area contributed by atoms with Crippen LogP contribution in [0.1, 0.15) is 20.3 Å². The average Bonchev–Trinajstić information content (AvgIpc) is 2.76. The van der Waals surface area contributed by atoms with Gasteiger partial charge in [0.1, 0.15) is 6.23 Å². The number of ether oxygens (including phenoxy) is 2. The molecule has 0 radical (unpaired) electrons. The van der Waals surface area contributed by atoms with Crippen LogP contribution in [-0.4, -0.2) is 55.3 Å². The standard InChI is InChI=1S/C12H20N2O4/c1-7(2)4-8-11(15)14-9(12(16)17-3)6-18-10(14)5-13-8/h7-10,13H,4-6H2,1-3H3/t8-,9-,10-/m1/s1. The molecule has 0 aliphatic carbocycles. The Labute approximate surface area is 107 Å². The largest absolute Gasteiger partial charge is 0.467 e. The van der Waals surface area contributed by atoms with E-state index in [1.807, 2.05) is 0 Å². The van der Waals surface area contributed by atoms with Crippen molar-refractivity contribution in [3.05, 3.63) is 0 Å². The van der Waals surface area contributed by atoms with E-state index in [1.54, 1.807) is 0 Å². The summed E-state index contributed by atoms with van der Waals surface area (Å²) in [5, 5.41) is 3.18. The van der Waals surface area contributed by atoms with Gasteiger partial charge in [-0.1, -0.05) is 13.8 Å². The van der Waals surface area contributed by atoms with Crippen LogP contribution in [0.25, 0.3) is 0 Å². The van der Waals surface area contributed by atoms with Crippen molar-refractivity contribution >= 4 is 11.9 Å². The van der Waals surface area contributed by atoms with Gasteiger partial charge in [-0.25, -0.2) is 4.79 Å². The molecule has 3 atom stereocenters. The second-order valence-corrected chi connectivity index (χ2v) is 5.16. The highest BCUT2D eigenvalue weighted by Crippen LogP contribution is 2.24. The summed E-state index contributed by atoms with van der Waals surface area (Å²) in [4.78, 5) is 25.5. The second-order valence-electron chi connectivity index (χ2n) is 5.16. The lowest BCUT2D eigenvalue weighted by atomic mass is 10.0. The third kappa shape index (κ3) is 2.35. The molecule has 1 amide bonds. The number of rotatable bonds is 3. The number of methoxy groups -OCH3 is 1. The Morgan fingerprint density at radius 1 is 1.61 bits per heavy atom. The highest BCUT2D eigenvalue weighted by atomic mass is 16.5. The molecule has 2 aliphatic rings. The molecule has 0 aromatic heterocycles. The molecular weight excluding hydrogens is 236 g/mol. The van der Waals surface area contributed by atoms with Crippen molar-refractivity contribution in [3.8, 4) is 0 Å². The number of hydrogen-bond acceptors (Lipinski definition) is 5. The van der Waals surface area contributed by atoms with E-state index in [4.69, 9.17) is 9.47 Å². The minimum Gasteiger partial charge on any atom is -0.467 e. The number of carbonyl (C=O) groups is 2. The second kappa shape index (κ2) is 5.24. The SMILES string of the molecule is COC(=O)[C@H]1CO[C@@H]2CN[C@H](CC(C)C)C(=O)N12. The number of piperazine rings is 1. The summed E-state index contributed by atoms with van der Waals surface area (Å²) in [5.74, 6) is -0.0491. The molecular formula is C12H20N2O4. The summed E-state index contributed by atoms with van der Waals surface area (Å²) >= 11 is 0. The molecule has 0 saturated carbocycles. The Kier molecular flexibility index (Phi) is 3.87. The molecule has 102 valence electrons. The number of esters is 1. The maximum Gasteiger partial charge on any atom is 0.331 e. The average molecular weight is 256 g/mol. The maximum atomic E-state index is 12.3. The van der Waals surface area contributed by atoms with Crippen LogP contribution in [0.2, 0.25) is 0 Å². The lowest BCUT2D eigenvalue weighted by molar-refractivity contribution is -0.155. The smallest absolute Gasteiger partial charge is 0.331 e. The normalized spacial score (nSPS) is 31.7.